The molecule has 0 bridgehead atoms. The largest absolute Gasteiger partial charge is 0.352 e. The van der Waals surface area contributed by atoms with E-state index in [0.717, 1.165) is 5.82 Å². The van der Waals surface area contributed by atoms with E-state index in [1.165, 1.54) is 12.3 Å². The van der Waals surface area contributed by atoms with Gasteiger partial charge in [-0.15, -0.1) is 10.2 Å². The first-order chi connectivity index (χ1) is 9.61. The van der Waals surface area contributed by atoms with E-state index in [-0.39, 0.29) is 10.9 Å². The molecule has 0 radical (unpaired) electrons. The van der Waals surface area contributed by atoms with Crippen LogP contribution in [0, 0.1) is 0 Å². The molecule has 0 aromatic carbocycles. The Labute approximate surface area is 120 Å². The number of pyridine rings is 1. The molecule has 8 nitrogen and oxygen atoms in total. The van der Waals surface area contributed by atoms with E-state index in [0.29, 0.717) is 24.3 Å². The molecule has 1 amide bonds. The zero-order chi connectivity index (χ0) is 14.5. The van der Waals surface area contributed by atoms with Crippen LogP contribution in [0.2, 0.25) is 5.02 Å². The summed E-state index contributed by atoms with van der Waals surface area (Å²) in [6, 6.07) is 1.50. The topological polar surface area (TPSA) is 111 Å². The molecule has 0 atom stereocenters. The number of carbonyl (C=O) groups excluding carboxylic acids is 1. The lowest BCUT2D eigenvalue weighted by Gasteiger charge is -2.07. The zero-order valence-electron chi connectivity index (χ0n) is 10.8. The molecule has 2 heterocycles. The number of anilines is 1. The normalized spacial score (nSPS) is 10.3. The molecule has 20 heavy (non-hydrogen) atoms. The number of carbonyl (C=O) groups is 1. The lowest BCUT2D eigenvalue weighted by atomic mass is 10.2. The summed E-state index contributed by atoms with van der Waals surface area (Å²) in [6.45, 7) is 0.444. The van der Waals surface area contributed by atoms with Crippen LogP contribution >= 0.6 is 11.6 Å². The van der Waals surface area contributed by atoms with Crippen LogP contribution in [0.3, 0.4) is 0 Å². The van der Waals surface area contributed by atoms with Crippen molar-refractivity contribution in [3.8, 4) is 0 Å². The Balaban J connectivity index is 1.92. The molecule has 0 aliphatic carbocycles. The Hall–Kier alpha value is -2.19. The standard InChI is InChI=1S/C11H14ClN7O/c1-19-6-16-18-9(19)2-3-14-11(20)7-4-8(12)10(17-13)15-5-7/h4-6H,2-3,13H2,1H3,(H,14,20)(H,15,17). The molecule has 0 spiro atoms. The van der Waals surface area contributed by atoms with Crippen molar-refractivity contribution >= 4 is 23.3 Å². The number of rotatable bonds is 5. The monoisotopic (exact) mass is 295 g/mol. The highest BCUT2D eigenvalue weighted by atomic mass is 35.5. The molecule has 0 saturated heterocycles. The molecular weight excluding hydrogens is 282 g/mol. The van der Waals surface area contributed by atoms with Gasteiger partial charge < -0.3 is 15.3 Å². The van der Waals surface area contributed by atoms with Crippen molar-refractivity contribution in [1.29, 1.82) is 0 Å². The van der Waals surface area contributed by atoms with Crippen molar-refractivity contribution in [1.82, 2.24) is 25.1 Å². The second-order valence-electron chi connectivity index (χ2n) is 4.06. The molecular formula is C11H14ClN7O. The maximum Gasteiger partial charge on any atom is 0.252 e. The summed E-state index contributed by atoms with van der Waals surface area (Å²) < 4.78 is 1.80. The van der Waals surface area contributed by atoms with Gasteiger partial charge in [0.2, 0.25) is 0 Å². The van der Waals surface area contributed by atoms with Crippen molar-refractivity contribution < 1.29 is 4.79 Å². The van der Waals surface area contributed by atoms with Gasteiger partial charge in [-0.05, 0) is 6.07 Å². The SMILES string of the molecule is Cn1cnnc1CCNC(=O)c1cnc(NN)c(Cl)c1. The van der Waals surface area contributed by atoms with Crippen molar-refractivity contribution in [2.24, 2.45) is 12.9 Å². The molecule has 9 heteroatoms. The second kappa shape index (κ2) is 6.31. The minimum atomic E-state index is -0.259. The number of nitrogens with one attached hydrogen (secondary N) is 2. The number of nitrogens with two attached hydrogens (primary N) is 1. The summed E-state index contributed by atoms with van der Waals surface area (Å²) >= 11 is 5.90. The first-order valence-electron chi connectivity index (χ1n) is 5.85. The van der Waals surface area contributed by atoms with Crippen molar-refractivity contribution in [2.75, 3.05) is 12.0 Å². The third-order valence-corrected chi connectivity index (χ3v) is 2.97. The first-order valence-corrected chi connectivity index (χ1v) is 6.23. The van der Waals surface area contributed by atoms with Crippen LogP contribution in [0.25, 0.3) is 0 Å². The summed E-state index contributed by atoms with van der Waals surface area (Å²) in [5.41, 5.74) is 2.70. The molecule has 2 aromatic rings. The third-order valence-electron chi connectivity index (χ3n) is 2.68. The van der Waals surface area contributed by atoms with Crippen LogP contribution in [0.4, 0.5) is 5.82 Å². The number of nitrogen functional groups attached to an aromatic ring is 1. The summed E-state index contributed by atoms with van der Waals surface area (Å²) in [5.74, 6) is 6.07. The highest BCUT2D eigenvalue weighted by Crippen LogP contribution is 2.18. The fraction of sp³-hybridized carbons (Fsp3) is 0.273. The fourth-order valence-corrected chi connectivity index (χ4v) is 1.81. The molecule has 0 aliphatic rings. The number of hydrazine groups is 1. The number of hydrogen-bond acceptors (Lipinski definition) is 6. The molecule has 2 aromatic heterocycles. The molecule has 0 aliphatic heterocycles. The van der Waals surface area contributed by atoms with E-state index in [2.05, 4.69) is 25.9 Å². The predicted octanol–water partition coefficient (Wildman–Crippen LogP) is 0.122. The van der Waals surface area contributed by atoms with Gasteiger partial charge in [0.15, 0.2) is 5.82 Å². The van der Waals surface area contributed by atoms with E-state index in [1.54, 1.807) is 10.9 Å². The zero-order valence-corrected chi connectivity index (χ0v) is 11.6. The van der Waals surface area contributed by atoms with Gasteiger partial charge in [-0.25, -0.2) is 10.8 Å². The Morgan fingerprint density at radius 2 is 2.35 bits per heavy atom. The average molecular weight is 296 g/mol. The van der Waals surface area contributed by atoms with Gasteiger partial charge in [-0.3, -0.25) is 4.79 Å². The summed E-state index contributed by atoms with van der Waals surface area (Å²) in [7, 11) is 1.85. The molecule has 0 unspecified atom stereocenters. The number of nitrogens with zero attached hydrogens (tertiary/aromatic N) is 4. The predicted molar refractivity (Wildman–Crippen MR) is 74.1 cm³/mol. The summed E-state index contributed by atoms with van der Waals surface area (Å²) in [4.78, 5) is 15.8. The minimum absolute atomic E-state index is 0.259. The summed E-state index contributed by atoms with van der Waals surface area (Å²) in [5, 5.41) is 10.7. The van der Waals surface area contributed by atoms with Crippen LogP contribution in [-0.2, 0) is 13.5 Å². The van der Waals surface area contributed by atoms with Gasteiger partial charge in [-0.2, -0.15) is 0 Å². The van der Waals surface area contributed by atoms with Crippen LogP contribution in [-0.4, -0.2) is 32.2 Å². The van der Waals surface area contributed by atoms with E-state index in [4.69, 9.17) is 17.4 Å². The van der Waals surface area contributed by atoms with Crippen LogP contribution in [0.15, 0.2) is 18.6 Å². The molecule has 4 N–H and O–H groups in total. The van der Waals surface area contributed by atoms with E-state index in [9.17, 15) is 4.79 Å². The van der Waals surface area contributed by atoms with E-state index >= 15 is 0 Å². The summed E-state index contributed by atoms with van der Waals surface area (Å²) in [6.07, 6.45) is 3.60. The molecule has 106 valence electrons. The highest BCUT2D eigenvalue weighted by molar-refractivity contribution is 6.33. The number of halogens is 1. The first kappa shape index (κ1) is 14.2. The van der Waals surface area contributed by atoms with Gasteiger partial charge in [0, 0.05) is 26.2 Å². The van der Waals surface area contributed by atoms with Gasteiger partial charge >= 0.3 is 0 Å². The third kappa shape index (κ3) is 3.22. The van der Waals surface area contributed by atoms with Crippen molar-refractivity contribution in [2.45, 2.75) is 6.42 Å². The van der Waals surface area contributed by atoms with Crippen molar-refractivity contribution in [3.05, 3.63) is 35.0 Å². The Bertz CT molecular complexity index is 613. The minimum Gasteiger partial charge on any atom is -0.352 e. The lowest BCUT2D eigenvalue weighted by Crippen LogP contribution is -2.26. The molecule has 0 saturated carbocycles. The Morgan fingerprint density at radius 1 is 1.55 bits per heavy atom. The van der Waals surface area contributed by atoms with Gasteiger partial charge in [-0.1, -0.05) is 11.6 Å². The van der Waals surface area contributed by atoms with Crippen LogP contribution in [0.5, 0.6) is 0 Å². The average Bonchev–Trinajstić information content (AvgIpc) is 2.84. The second-order valence-corrected chi connectivity index (χ2v) is 4.47. The fourth-order valence-electron chi connectivity index (χ4n) is 1.59. The number of hydrogen-bond donors (Lipinski definition) is 3. The maximum absolute atomic E-state index is 11.9. The lowest BCUT2D eigenvalue weighted by molar-refractivity contribution is 0.0953. The van der Waals surface area contributed by atoms with Gasteiger partial charge in [0.25, 0.3) is 5.91 Å². The molecule has 2 rings (SSSR count). The van der Waals surface area contributed by atoms with Crippen molar-refractivity contribution in [3.63, 3.8) is 0 Å². The van der Waals surface area contributed by atoms with Crippen LogP contribution in [0.1, 0.15) is 16.2 Å². The highest BCUT2D eigenvalue weighted by Gasteiger charge is 2.09. The maximum atomic E-state index is 11.9. The number of amides is 1. The quantitative estimate of drug-likeness (QED) is 0.534. The molecule has 0 fully saturated rings. The van der Waals surface area contributed by atoms with E-state index in [1.807, 2.05) is 7.05 Å². The number of aryl methyl sites for hydroxylation is 1. The Kier molecular flexibility index (Phi) is 4.49. The smallest absolute Gasteiger partial charge is 0.252 e. The van der Waals surface area contributed by atoms with E-state index < -0.39 is 0 Å². The van der Waals surface area contributed by atoms with Gasteiger partial charge in [0.1, 0.15) is 12.2 Å². The van der Waals surface area contributed by atoms with Gasteiger partial charge in [0.05, 0.1) is 10.6 Å². The number of aromatic nitrogens is 4. The Morgan fingerprint density at radius 3 is 2.95 bits per heavy atom. The van der Waals surface area contributed by atoms with Crippen LogP contribution < -0.4 is 16.6 Å².